The fourth-order valence-electron chi connectivity index (χ4n) is 1.79. The lowest BCUT2D eigenvalue weighted by atomic mass is 10.0. The Hall–Kier alpha value is -1.65. The van der Waals surface area contributed by atoms with Crippen LogP contribution < -0.4 is 11.1 Å². The SMILES string of the molecule is CC(C)CCCCCCNC(=O)c1ccc(N)nn1. The molecule has 0 aromatic carbocycles. The Labute approximate surface area is 115 Å². The summed E-state index contributed by atoms with van der Waals surface area (Å²) < 4.78 is 0. The quantitative estimate of drug-likeness (QED) is 0.706. The third-order valence-corrected chi connectivity index (χ3v) is 2.91. The molecule has 0 aliphatic rings. The van der Waals surface area contributed by atoms with Gasteiger partial charge in [0.2, 0.25) is 0 Å². The first-order chi connectivity index (χ1) is 9.09. The molecule has 106 valence electrons. The number of carbonyl (C=O) groups is 1. The topological polar surface area (TPSA) is 80.9 Å². The highest BCUT2D eigenvalue weighted by atomic mass is 16.1. The lowest BCUT2D eigenvalue weighted by molar-refractivity contribution is 0.0947. The van der Waals surface area contributed by atoms with E-state index in [0.717, 1.165) is 18.8 Å². The van der Waals surface area contributed by atoms with Crippen LogP contribution in [0.1, 0.15) is 56.4 Å². The van der Waals surface area contributed by atoms with Crippen molar-refractivity contribution in [1.29, 1.82) is 0 Å². The largest absolute Gasteiger partial charge is 0.382 e. The Morgan fingerprint density at radius 3 is 2.58 bits per heavy atom. The molecule has 0 saturated heterocycles. The zero-order valence-corrected chi connectivity index (χ0v) is 11.9. The summed E-state index contributed by atoms with van der Waals surface area (Å²) in [4.78, 5) is 11.7. The second-order valence-corrected chi connectivity index (χ2v) is 5.20. The fraction of sp³-hybridized carbons (Fsp3) is 0.643. The zero-order chi connectivity index (χ0) is 14.1. The number of carbonyl (C=O) groups excluding carboxylic acids is 1. The molecular formula is C14H24N4O. The molecule has 0 bridgehead atoms. The third kappa shape index (κ3) is 6.74. The van der Waals surface area contributed by atoms with Gasteiger partial charge < -0.3 is 11.1 Å². The van der Waals surface area contributed by atoms with Crippen LogP contribution in [0.2, 0.25) is 0 Å². The number of anilines is 1. The molecule has 0 fully saturated rings. The number of nitrogens with two attached hydrogens (primary N) is 1. The second-order valence-electron chi connectivity index (χ2n) is 5.20. The highest BCUT2D eigenvalue weighted by Crippen LogP contribution is 2.09. The Morgan fingerprint density at radius 1 is 1.21 bits per heavy atom. The summed E-state index contributed by atoms with van der Waals surface area (Å²) in [5.41, 5.74) is 5.72. The van der Waals surface area contributed by atoms with E-state index in [4.69, 9.17) is 5.73 Å². The van der Waals surface area contributed by atoms with E-state index in [1.165, 1.54) is 19.3 Å². The van der Waals surface area contributed by atoms with Gasteiger partial charge in [-0.15, -0.1) is 10.2 Å². The number of hydrogen-bond donors (Lipinski definition) is 2. The van der Waals surface area contributed by atoms with E-state index in [2.05, 4.69) is 29.4 Å². The number of unbranched alkanes of at least 4 members (excludes halogenated alkanes) is 3. The van der Waals surface area contributed by atoms with Crippen LogP contribution in [-0.2, 0) is 0 Å². The molecule has 1 rings (SSSR count). The molecule has 0 aliphatic carbocycles. The molecule has 0 spiro atoms. The molecule has 3 N–H and O–H groups in total. The molecule has 0 saturated carbocycles. The number of amides is 1. The number of aromatic nitrogens is 2. The number of rotatable bonds is 8. The summed E-state index contributed by atoms with van der Waals surface area (Å²) in [5.74, 6) is 0.917. The van der Waals surface area contributed by atoms with Crippen molar-refractivity contribution in [3.05, 3.63) is 17.8 Å². The predicted octanol–water partition coefficient (Wildman–Crippen LogP) is 2.40. The van der Waals surface area contributed by atoms with Crippen LogP contribution in [-0.4, -0.2) is 22.6 Å². The van der Waals surface area contributed by atoms with Gasteiger partial charge in [-0.3, -0.25) is 4.79 Å². The molecule has 1 aromatic rings. The number of nitrogens with zero attached hydrogens (tertiary/aromatic N) is 2. The van der Waals surface area contributed by atoms with E-state index in [0.29, 0.717) is 18.1 Å². The van der Waals surface area contributed by atoms with Crippen molar-refractivity contribution in [2.24, 2.45) is 5.92 Å². The zero-order valence-electron chi connectivity index (χ0n) is 11.9. The number of nitrogens with one attached hydrogen (secondary N) is 1. The summed E-state index contributed by atoms with van der Waals surface area (Å²) in [7, 11) is 0. The minimum Gasteiger partial charge on any atom is -0.382 e. The van der Waals surface area contributed by atoms with Crippen molar-refractivity contribution < 1.29 is 4.79 Å². The minimum absolute atomic E-state index is 0.185. The Kier molecular flexibility index (Phi) is 6.85. The molecule has 5 heteroatoms. The maximum Gasteiger partial charge on any atom is 0.271 e. The first kappa shape index (κ1) is 15.4. The summed E-state index contributed by atoms with van der Waals surface area (Å²) in [6.45, 7) is 5.17. The first-order valence-electron chi connectivity index (χ1n) is 6.97. The highest BCUT2D eigenvalue weighted by Gasteiger charge is 2.06. The van der Waals surface area contributed by atoms with Gasteiger partial charge in [0, 0.05) is 6.54 Å². The van der Waals surface area contributed by atoms with Crippen molar-refractivity contribution >= 4 is 11.7 Å². The van der Waals surface area contributed by atoms with E-state index in [-0.39, 0.29) is 5.91 Å². The van der Waals surface area contributed by atoms with Crippen LogP contribution in [0.4, 0.5) is 5.82 Å². The Bertz CT molecular complexity index is 376. The predicted molar refractivity (Wildman–Crippen MR) is 76.7 cm³/mol. The van der Waals surface area contributed by atoms with E-state index < -0.39 is 0 Å². The summed E-state index contributed by atoms with van der Waals surface area (Å²) in [6, 6.07) is 3.16. The van der Waals surface area contributed by atoms with Crippen LogP contribution >= 0.6 is 0 Å². The molecule has 0 unspecified atom stereocenters. The maximum absolute atomic E-state index is 11.7. The van der Waals surface area contributed by atoms with E-state index in [1.807, 2.05) is 0 Å². The van der Waals surface area contributed by atoms with Crippen LogP contribution in [0.15, 0.2) is 12.1 Å². The molecule has 0 radical (unpaired) electrons. The normalized spacial score (nSPS) is 10.7. The summed E-state index contributed by atoms with van der Waals surface area (Å²) in [5, 5.41) is 10.2. The van der Waals surface area contributed by atoms with Crippen molar-refractivity contribution in [1.82, 2.24) is 15.5 Å². The smallest absolute Gasteiger partial charge is 0.271 e. The lowest BCUT2D eigenvalue weighted by Gasteiger charge is -2.05. The third-order valence-electron chi connectivity index (χ3n) is 2.91. The second kappa shape index (κ2) is 8.45. The van der Waals surface area contributed by atoms with Crippen molar-refractivity contribution in [3.8, 4) is 0 Å². The van der Waals surface area contributed by atoms with Gasteiger partial charge in [-0.2, -0.15) is 0 Å². The molecule has 1 heterocycles. The summed E-state index contributed by atoms with van der Waals surface area (Å²) in [6.07, 6.45) is 5.95. The van der Waals surface area contributed by atoms with Crippen molar-refractivity contribution in [2.75, 3.05) is 12.3 Å². The average Bonchev–Trinajstić information content (AvgIpc) is 2.38. The first-order valence-corrected chi connectivity index (χ1v) is 6.97. The van der Waals surface area contributed by atoms with Gasteiger partial charge in [0.1, 0.15) is 5.82 Å². The van der Waals surface area contributed by atoms with Gasteiger partial charge in [-0.05, 0) is 24.5 Å². The van der Waals surface area contributed by atoms with E-state index in [9.17, 15) is 4.79 Å². The molecule has 5 nitrogen and oxygen atoms in total. The molecule has 1 amide bonds. The van der Waals surface area contributed by atoms with Gasteiger partial charge in [0.15, 0.2) is 5.69 Å². The Morgan fingerprint density at radius 2 is 1.95 bits per heavy atom. The van der Waals surface area contributed by atoms with Crippen LogP contribution in [0.25, 0.3) is 0 Å². The van der Waals surface area contributed by atoms with E-state index >= 15 is 0 Å². The molecule has 19 heavy (non-hydrogen) atoms. The van der Waals surface area contributed by atoms with Crippen LogP contribution in [0, 0.1) is 5.92 Å². The fourth-order valence-corrected chi connectivity index (χ4v) is 1.79. The van der Waals surface area contributed by atoms with E-state index in [1.54, 1.807) is 12.1 Å². The van der Waals surface area contributed by atoms with Gasteiger partial charge in [-0.1, -0.05) is 39.5 Å². The van der Waals surface area contributed by atoms with Gasteiger partial charge in [-0.25, -0.2) is 0 Å². The summed E-state index contributed by atoms with van der Waals surface area (Å²) >= 11 is 0. The highest BCUT2D eigenvalue weighted by molar-refractivity contribution is 5.92. The minimum atomic E-state index is -0.185. The van der Waals surface area contributed by atoms with Crippen LogP contribution in [0.3, 0.4) is 0 Å². The van der Waals surface area contributed by atoms with Gasteiger partial charge in [0.25, 0.3) is 5.91 Å². The monoisotopic (exact) mass is 264 g/mol. The molecule has 1 aromatic heterocycles. The van der Waals surface area contributed by atoms with Crippen molar-refractivity contribution in [2.45, 2.75) is 46.0 Å². The maximum atomic E-state index is 11.7. The Balaban J connectivity index is 2.09. The average molecular weight is 264 g/mol. The van der Waals surface area contributed by atoms with Gasteiger partial charge >= 0.3 is 0 Å². The number of nitrogen functional groups attached to an aromatic ring is 1. The standard InChI is InChI=1S/C14H24N4O/c1-11(2)7-5-3-4-6-10-16-14(19)12-8-9-13(15)18-17-12/h8-9,11H,3-7,10H2,1-2H3,(H2,15,18)(H,16,19). The van der Waals surface area contributed by atoms with Crippen LogP contribution in [0.5, 0.6) is 0 Å². The number of hydrogen-bond acceptors (Lipinski definition) is 4. The van der Waals surface area contributed by atoms with Gasteiger partial charge in [0.05, 0.1) is 0 Å². The van der Waals surface area contributed by atoms with Crippen molar-refractivity contribution in [3.63, 3.8) is 0 Å². The molecule has 0 aliphatic heterocycles. The molecular weight excluding hydrogens is 240 g/mol. The molecule has 0 atom stereocenters. The lowest BCUT2D eigenvalue weighted by Crippen LogP contribution is -2.25.